The Morgan fingerprint density at radius 1 is 1.13 bits per heavy atom. The average molecular weight is 403 g/mol. The van der Waals surface area contributed by atoms with E-state index in [1.807, 2.05) is 43.3 Å². The largest absolute Gasteiger partial charge is 0.395 e. The summed E-state index contributed by atoms with van der Waals surface area (Å²) in [5, 5.41) is 13.5. The third-order valence-corrected chi connectivity index (χ3v) is 4.62. The highest BCUT2D eigenvalue weighted by Crippen LogP contribution is 2.26. The third-order valence-electron chi connectivity index (χ3n) is 4.62. The highest BCUT2D eigenvalue weighted by molar-refractivity contribution is 6.00. The van der Waals surface area contributed by atoms with Crippen molar-refractivity contribution in [2.75, 3.05) is 13.2 Å². The number of hydrogen-bond donors (Lipinski definition) is 2. The Morgan fingerprint density at radius 3 is 2.63 bits per heavy atom. The monoisotopic (exact) mass is 403 g/mol. The van der Waals surface area contributed by atoms with E-state index in [9.17, 15) is 9.90 Å². The highest BCUT2D eigenvalue weighted by atomic mass is 16.5. The van der Waals surface area contributed by atoms with Crippen LogP contribution in [0.15, 0.2) is 65.3 Å². The molecule has 0 fully saturated rings. The van der Waals surface area contributed by atoms with Gasteiger partial charge in [-0.25, -0.2) is 4.98 Å². The molecule has 0 saturated heterocycles. The topological polar surface area (TPSA) is 108 Å². The van der Waals surface area contributed by atoms with Crippen LogP contribution >= 0.6 is 0 Å². The summed E-state index contributed by atoms with van der Waals surface area (Å²) in [6.07, 6.45) is 1.68. The summed E-state index contributed by atoms with van der Waals surface area (Å²) in [5.41, 5.74) is 2.58. The van der Waals surface area contributed by atoms with Crippen molar-refractivity contribution in [3.63, 3.8) is 0 Å². The van der Waals surface area contributed by atoms with Crippen LogP contribution in [0.5, 0.6) is 0 Å². The Bertz CT molecular complexity index is 1140. The van der Waals surface area contributed by atoms with E-state index in [0.29, 0.717) is 23.5 Å². The second-order valence-corrected chi connectivity index (χ2v) is 6.78. The first kappa shape index (κ1) is 19.5. The summed E-state index contributed by atoms with van der Waals surface area (Å²) in [6, 6.07) is 16.6. The SMILES string of the molecule is Cc1ncc(CN(CCO)C(=O)c2ccccc2-c2nc(-c3ccccc3)no2)[nH]1. The van der Waals surface area contributed by atoms with Crippen molar-refractivity contribution in [3.05, 3.63) is 77.9 Å². The molecular weight excluding hydrogens is 382 g/mol. The smallest absolute Gasteiger partial charge is 0.259 e. The standard InChI is InChI=1S/C22H21N5O3/c1-15-23-13-17(24-15)14-27(11-12-28)22(29)19-10-6-5-9-18(19)21-25-20(26-30-21)16-7-3-2-4-8-16/h2-10,13,28H,11-12,14H2,1H3,(H,23,24). The van der Waals surface area contributed by atoms with Gasteiger partial charge >= 0.3 is 0 Å². The Balaban J connectivity index is 1.65. The highest BCUT2D eigenvalue weighted by Gasteiger charge is 2.23. The third kappa shape index (κ3) is 4.13. The van der Waals surface area contributed by atoms with Crippen molar-refractivity contribution in [1.82, 2.24) is 25.0 Å². The number of aromatic amines is 1. The van der Waals surface area contributed by atoms with Crippen LogP contribution in [0, 0.1) is 6.92 Å². The van der Waals surface area contributed by atoms with Gasteiger partial charge in [-0.3, -0.25) is 4.79 Å². The maximum Gasteiger partial charge on any atom is 0.259 e. The predicted molar refractivity (Wildman–Crippen MR) is 110 cm³/mol. The Hall–Kier alpha value is -3.78. The molecule has 4 rings (SSSR count). The molecule has 2 heterocycles. The number of aryl methyl sites for hydroxylation is 1. The van der Waals surface area contributed by atoms with Gasteiger partial charge in [0.1, 0.15) is 5.82 Å². The van der Waals surface area contributed by atoms with E-state index in [1.54, 1.807) is 29.3 Å². The van der Waals surface area contributed by atoms with Crippen molar-refractivity contribution < 1.29 is 14.4 Å². The number of imidazole rings is 1. The number of aliphatic hydroxyl groups excluding tert-OH is 1. The lowest BCUT2D eigenvalue weighted by atomic mass is 10.1. The maximum atomic E-state index is 13.3. The summed E-state index contributed by atoms with van der Waals surface area (Å²) in [6.45, 7) is 2.18. The Labute approximate surface area is 173 Å². The molecule has 8 heteroatoms. The molecule has 0 aliphatic rings. The lowest BCUT2D eigenvalue weighted by molar-refractivity contribution is 0.0706. The normalized spacial score (nSPS) is 10.9. The number of H-pyrrole nitrogens is 1. The molecule has 2 aromatic carbocycles. The zero-order valence-electron chi connectivity index (χ0n) is 16.4. The minimum Gasteiger partial charge on any atom is -0.395 e. The molecule has 0 aliphatic carbocycles. The van der Waals surface area contributed by atoms with Crippen LogP contribution in [0.1, 0.15) is 21.9 Å². The molecule has 2 N–H and O–H groups in total. The average Bonchev–Trinajstić information content (AvgIpc) is 3.43. The van der Waals surface area contributed by atoms with E-state index < -0.39 is 0 Å². The number of aliphatic hydroxyl groups is 1. The number of rotatable bonds is 7. The Morgan fingerprint density at radius 2 is 1.90 bits per heavy atom. The van der Waals surface area contributed by atoms with Crippen LogP contribution in [0.2, 0.25) is 0 Å². The molecule has 0 radical (unpaired) electrons. The second kappa shape index (κ2) is 8.71. The minimum atomic E-state index is -0.244. The number of carbonyl (C=O) groups is 1. The van der Waals surface area contributed by atoms with Crippen molar-refractivity contribution in [1.29, 1.82) is 0 Å². The van der Waals surface area contributed by atoms with E-state index in [4.69, 9.17) is 4.52 Å². The van der Waals surface area contributed by atoms with Gasteiger partial charge in [0.15, 0.2) is 0 Å². The quantitative estimate of drug-likeness (QED) is 0.491. The summed E-state index contributed by atoms with van der Waals surface area (Å²) >= 11 is 0. The van der Waals surface area contributed by atoms with Crippen molar-refractivity contribution >= 4 is 5.91 Å². The van der Waals surface area contributed by atoms with Gasteiger partial charge in [0, 0.05) is 12.1 Å². The van der Waals surface area contributed by atoms with Gasteiger partial charge in [0.05, 0.1) is 36.2 Å². The summed E-state index contributed by atoms with van der Waals surface area (Å²) in [4.78, 5) is 26.6. The zero-order valence-corrected chi connectivity index (χ0v) is 16.4. The van der Waals surface area contributed by atoms with Crippen molar-refractivity contribution in [2.24, 2.45) is 0 Å². The van der Waals surface area contributed by atoms with Gasteiger partial charge in [0.25, 0.3) is 11.8 Å². The molecule has 8 nitrogen and oxygen atoms in total. The van der Waals surface area contributed by atoms with E-state index in [1.165, 1.54) is 0 Å². The molecular formula is C22H21N5O3. The van der Waals surface area contributed by atoms with Crippen LogP contribution in [0.3, 0.4) is 0 Å². The van der Waals surface area contributed by atoms with Crippen LogP contribution in [0.25, 0.3) is 22.8 Å². The maximum absolute atomic E-state index is 13.3. The van der Waals surface area contributed by atoms with Gasteiger partial charge in [-0.2, -0.15) is 4.98 Å². The van der Waals surface area contributed by atoms with Crippen LogP contribution in [-0.2, 0) is 6.54 Å². The van der Waals surface area contributed by atoms with Gasteiger partial charge in [-0.1, -0.05) is 47.6 Å². The number of hydrogen-bond acceptors (Lipinski definition) is 6. The molecule has 1 amide bonds. The number of nitrogens with zero attached hydrogens (tertiary/aromatic N) is 4. The summed E-state index contributed by atoms with van der Waals surface area (Å²) < 4.78 is 5.46. The first-order valence-corrected chi connectivity index (χ1v) is 9.55. The zero-order chi connectivity index (χ0) is 20.9. The molecule has 4 aromatic rings. The second-order valence-electron chi connectivity index (χ2n) is 6.78. The van der Waals surface area contributed by atoms with Gasteiger partial charge < -0.3 is 19.5 Å². The molecule has 0 saturated carbocycles. The fraction of sp³-hybridized carbons (Fsp3) is 0.182. The molecule has 0 aliphatic heterocycles. The number of aromatic nitrogens is 4. The van der Waals surface area contributed by atoms with Crippen molar-refractivity contribution in [3.8, 4) is 22.8 Å². The predicted octanol–water partition coefficient (Wildman–Crippen LogP) is 3.07. The van der Waals surface area contributed by atoms with E-state index in [-0.39, 0.29) is 24.9 Å². The molecule has 0 bridgehead atoms. The number of nitrogens with one attached hydrogen (secondary N) is 1. The number of carbonyl (C=O) groups excluding carboxylic acids is 1. The van der Waals surface area contributed by atoms with Gasteiger partial charge in [0.2, 0.25) is 5.82 Å². The van der Waals surface area contributed by atoms with Crippen molar-refractivity contribution in [2.45, 2.75) is 13.5 Å². The summed E-state index contributed by atoms with van der Waals surface area (Å²) in [7, 11) is 0. The lowest BCUT2D eigenvalue weighted by Gasteiger charge is -2.22. The van der Waals surface area contributed by atoms with Gasteiger partial charge in [-0.05, 0) is 19.1 Å². The molecule has 0 unspecified atom stereocenters. The molecule has 0 atom stereocenters. The number of amides is 1. The minimum absolute atomic E-state index is 0.153. The first-order chi connectivity index (χ1) is 14.7. The number of benzene rings is 2. The van der Waals surface area contributed by atoms with Crippen LogP contribution < -0.4 is 0 Å². The van der Waals surface area contributed by atoms with E-state index in [0.717, 1.165) is 17.1 Å². The fourth-order valence-corrected chi connectivity index (χ4v) is 3.19. The molecule has 0 spiro atoms. The van der Waals surface area contributed by atoms with Gasteiger partial charge in [-0.15, -0.1) is 0 Å². The molecule has 2 aromatic heterocycles. The molecule has 30 heavy (non-hydrogen) atoms. The Kier molecular flexibility index (Phi) is 5.67. The fourth-order valence-electron chi connectivity index (χ4n) is 3.19. The van der Waals surface area contributed by atoms with E-state index >= 15 is 0 Å². The van der Waals surface area contributed by atoms with E-state index in [2.05, 4.69) is 20.1 Å². The van der Waals surface area contributed by atoms with Crippen LogP contribution in [0.4, 0.5) is 0 Å². The first-order valence-electron chi connectivity index (χ1n) is 9.55. The summed E-state index contributed by atoms with van der Waals surface area (Å²) in [5.74, 6) is 1.24. The van der Waals surface area contributed by atoms with Crippen LogP contribution in [-0.4, -0.2) is 49.2 Å². The molecule has 152 valence electrons. The lowest BCUT2D eigenvalue weighted by Crippen LogP contribution is -2.33.